The van der Waals surface area contributed by atoms with E-state index in [4.69, 9.17) is 16.6 Å². The van der Waals surface area contributed by atoms with E-state index in [0.29, 0.717) is 48.6 Å². The second-order valence-corrected chi connectivity index (χ2v) is 9.64. The number of piperazine rings is 1. The normalized spacial score (nSPS) is 15.7. The van der Waals surface area contributed by atoms with Crippen molar-refractivity contribution in [2.45, 2.75) is 32.7 Å². The highest BCUT2D eigenvalue weighted by Crippen LogP contribution is 2.35. The highest BCUT2D eigenvalue weighted by molar-refractivity contribution is 6.33. The Morgan fingerprint density at radius 1 is 1.29 bits per heavy atom. The maximum absolute atomic E-state index is 14.8. The van der Waals surface area contributed by atoms with Crippen molar-refractivity contribution in [2.24, 2.45) is 0 Å². The molecule has 1 fully saturated rings. The number of nitrogens with zero attached hydrogens (tertiary/aromatic N) is 6. The van der Waals surface area contributed by atoms with Crippen molar-refractivity contribution in [3.8, 4) is 16.9 Å². The Hall–Kier alpha value is -4.05. The zero-order chi connectivity index (χ0) is 27.0. The van der Waals surface area contributed by atoms with E-state index < -0.39 is 11.5 Å². The molecule has 0 spiro atoms. The molecular formula is C27H27ClFN7O2. The van der Waals surface area contributed by atoms with E-state index >= 15 is 0 Å². The summed E-state index contributed by atoms with van der Waals surface area (Å²) in [7, 11) is 0. The van der Waals surface area contributed by atoms with Crippen molar-refractivity contribution < 1.29 is 9.18 Å². The van der Waals surface area contributed by atoms with Gasteiger partial charge in [-0.25, -0.2) is 18.7 Å². The van der Waals surface area contributed by atoms with Gasteiger partial charge in [-0.2, -0.15) is 10.1 Å². The maximum Gasteiger partial charge on any atom is 0.355 e. The summed E-state index contributed by atoms with van der Waals surface area (Å²) in [5, 5.41) is 7.88. The van der Waals surface area contributed by atoms with Gasteiger partial charge in [0.05, 0.1) is 33.7 Å². The summed E-state index contributed by atoms with van der Waals surface area (Å²) in [4.78, 5) is 38.7. The minimum Gasteiger partial charge on any atom is -0.350 e. The molecular weight excluding hydrogens is 509 g/mol. The number of pyridine rings is 1. The van der Waals surface area contributed by atoms with Crippen molar-refractivity contribution >= 4 is 34.4 Å². The molecule has 38 heavy (non-hydrogen) atoms. The van der Waals surface area contributed by atoms with E-state index in [-0.39, 0.29) is 28.2 Å². The number of amides is 1. The number of aryl methyl sites for hydroxylation is 1. The third-order valence-electron chi connectivity index (χ3n) is 6.75. The standard InChI is InChI=1S/C27H27ClFN7O2/c1-4-8-21-22(14-30-33-21)36-26-18(13-19(28)24(31-26)17-9-6-7-10-20(17)29)25(32-27(36)38)35-12-11-34(15-16(35)3)23(37)5-2/h5-7,9-10,13-14,16H,2,4,8,11-12,15H2,1,3H3,(H,30,33)/t16-/m0/s1. The predicted molar refractivity (Wildman–Crippen MR) is 145 cm³/mol. The fourth-order valence-corrected chi connectivity index (χ4v) is 5.17. The zero-order valence-electron chi connectivity index (χ0n) is 21.1. The van der Waals surface area contributed by atoms with Crippen molar-refractivity contribution in [1.82, 2.24) is 29.6 Å². The number of hydrogen-bond acceptors (Lipinski definition) is 6. The zero-order valence-corrected chi connectivity index (χ0v) is 21.9. The third kappa shape index (κ3) is 4.45. The number of benzene rings is 1. The number of anilines is 1. The quantitative estimate of drug-likeness (QED) is 0.372. The van der Waals surface area contributed by atoms with Crippen molar-refractivity contribution in [1.29, 1.82) is 0 Å². The summed E-state index contributed by atoms with van der Waals surface area (Å²) in [6, 6.07) is 7.76. The largest absolute Gasteiger partial charge is 0.355 e. The maximum atomic E-state index is 14.8. The van der Waals surface area contributed by atoms with Gasteiger partial charge >= 0.3 is 5.69 Å². The summed E-state index contributed by atoms with van der Waals surface area (Å²) < 4.78 is 16.2. The molecule has 1 atom stereocenters. The Morgan fingerprint density at radius 3 is 2.79 bits per heavy atom. The fraction of sp³-hybridized carbons (Fsp3) is 0.296. The summed E-state index contributed by atoms with van der Waals surface area (Å²) in [5.41, 5.74) is 1.49. The predicted octanol–water partition coefficient (Wildman–Crippen LogP) is 4.14. The smallest absolute Gasteiger partial charge is 0.350 e. The van der Waals surface area contributed by atoms with E-state index in [0.717, 1.165) is 12.1 Å². The molecule has 0 saturated carbocycles. The molecule has 1 amide bonds. The van der Waals surface area contributed by atoms with Gasteiger partial charge in [-0.1, -0.05) is 43.7 Å². The first kappa shape index (κ1) is 25.6. The fourth-order valence-electron chi connectivity index (χ4n) is 4.92. The summed E-state index contributed by atoms with van der Waals surface area (Å²) in [5.74, 6) is -0.210. The van der Waals surface area contributed by atoms with Gasteiger partial charge in [0.2, 0.25) is 5.91 Å². The Balaban J connectivity index is 1.75. The van der Waals surface area contributed by atoms with Gasteiger partial charge in [-0.15, -0.1) is 0 Å². The van der Waals surface area contributed by atoms with Crippen molar-refractivity contribution in [3.05, 3.63) is 76.2 Å². The molecule has 196 valence electrons. The Kier molecular flexibility index (Phi) is 6.98. The number of carbonyl (C=O) groups excluding carboxylic acids is 1. The van der Waals surface area contributed by atoms with E-state index in [1.54, 1.807) is 35.4 Å². The SMILES string of the molecule is C=CC(=O)N1CCN(c2nc(=O)n(-c3cn[nH]c3CCC)c3nc(-c4ccccc4F)c(Cl)cc23)[C@@H](C)C1. The molecule has 3 aromatic heterocycles. The number of rotatable bonds is 6. The number of hydrogen-bond donors (Lipinski definition) is 1. The number of fused-ring (bicyclic) bond motifs is 1. The Morgan fingerprint density at radius 2 is 2.08 bits per heavy atom. The second-order valence-electron chi connectivity index (χ2n) is 9.24. The monoisotopic (exact) mass is 535 g/mol. The molecule has 1 aromatic carbocycles. The first-order valence-electron chi connectivity index (χ1n) is 12.4. The van der Waals surface area contributed by atoms with Crippen molar-refractivity contribution in [3.63, 3.8) is 0 Å². The molecule has 11 heteroatoms. The second kappa shape index (κ2) is 10.4. The van der Waals surface area contributed by atoms with E-state index in [1.807, 2.05) is 18.7 Å². The van der Waals surface area contributed by atoms with Crippen LogP contribution in [0.25, 0.3) is 28.0 Å². The van der Waals surface area contributed by atoms with Crippen LogP contribution in [0.1, 0.15) is 26.0 Å². The first-order chi connectivity index (χ1) is 18.3. The van der Waals surface area contributed by atoms with E-state index in [1.165, 1.54) is 16.7 Å². The average Bonchev–Trinajstić information content (AvgIpc) is 3.36. The first-order valence-corrected chi connectivity index (χ1v) is 12.8. The van der Waals surface area contributed by atoms with Crippen LogP contribution in [0.15, 0.2) is 54.0 Å². The number of aromatic nitrogens is 5. The number of H-pyrrole nitrogens is 1. The van der Waals surface area contributed by atoms with Gasteiger partial charge in [0, 0.05) is 31.2 Å². The molecule has 5 rings (SSSR count). The molecule has 1 saturated heterocycles. The lowest BCUT2D eigenvalue weighted by Gasteiger charge is -2.40. The van der Waals surface area contributed by atoms with Crippen LogP contribution in [-0.4, -0.2) is 61.2 Å². The number of nitrogens with one attached hydrogen (secondary N) is 1. The summed E-state index contributed by atoms with van der Waals surface area (Å²) >= 11 is 6.69. The van der Waals surface area contributed by atoms with Gasteiger partial charge in [0.1, 0.15) is 11.6 Å². The van der Waals surface area contributed by atoms with Crippen LogP contribution in [-0.2, 0) is 11.2 Å². The van der Waals surface area contributed by atoms with Crippen LogP contribution in [0, 0.1) is 5.82 Å². The van der Waals surface area contributed by atoms with E-state index in [2.05, 4.69) is 21.8 Å². The molecule has 1 aliphatic rings. The lowest BCUT2D eigenvalue weighted by atomic mass is 10.1. The Bertz CT molecular complexity index is 1600. The highest BCUT2D eigenvalue weighted by Gasteiger charge is 2.30. The third-order valence-corrected chi connectivity index (χ3v) is 7.04. The van der Waals surface area contributed by atoms with Crippen LogP contribution in [0.5, 0.6) is 0 Å². The van der Waals surface area contributed by atoms with Crippen molar-refractivity contribution in [2.75, 3.05) is 24.5 Å². The Labute approximate surface area is 223 Å². The molecule has 4 aromatic rings. The summed E-state index contributed by atoms with van der Waals surface area (Å²) in [6.45, 7) is 8.89. The highest BCUT2D eigenvalue weighted by atomic mass is 35.5. The molecule has 0 aliphatic carbocycles. The minimum absolute atomic E-state index is 0.145. The van der Waals surface area contributed by atoms with Crippen LogP contribution < -0.4 is 10.6 Å². The van der Waals surface area contributed by atoms with Gasteiger partial charge in [0.25, 0.3) is 0 Å². The van der Waals surface area contributed by atoms with Gasteiger partial charge in [0.15, 0.2) is 5.65 Å². The summed E-state index contributed by atoms with van der Waals surface area (Å²) in [6.07, 6.45) is 4.35. The van der Waals surface area contributed by atoms with Gasteiger partial charge in [-0.3, -0.25) is 9.89 Å². The van der Waals surface area contributed by atoms with Crippen LogP contribution in [0.2, 0.25) is 5.02 Å². The van der Waals surface area contributed by atoms with Gasteiger partial charge < -0.3 is 9.80 Å². The van der Waals surface area contributed by atoms with Crippen LogP contribution >= 0.6 is 11.6 Å². The number of aromatic amines is 1. The van der Waals surface area contributed by atoms with Gasteiger partial charge in [-0.05, 0) is 37.6 Å². The molecule has 1 N–H and O–H groups in total. The molecule has 0 radical (unpaired) electrons. The molecule has 4 heterocycles. The molecule has 0 unspecified atom stereocenters. The molecule has 1 aliphatic heterocycles. The van der Waals surface area contributed by atoms with Crippen LogP contribution in [0.3, 0.4) is 0 Å². The minimum atomic E-state index is -0.544. The lowest BCUT2D eigenvalue weighted by molar-refractivity contribution is -0.126. The molecule has 9 nitrogen and oxygen atoms in total. The topological polar surface area (TPSA) is 100 Å². The average molecular weight is 536 g/mol. The van der Waals surface area contributed by atoms with Crippen LogP contribution in [0.4, 0.5) is 10.2 Å². The lowest BCUT2D eigenvalue weighted by Crippen LogP contribution is -2.54. The van der Waals surface area contributed by atoms with E-state index in [9.17, 15) is 14.0 Å². The number of halogens is 2. The molecule has 0 bridgehead atoms. The number of carbonyl (C=O) groups is 1.